The average Bonchev–Trinajstić information content (AvgIpc) is 3.11. The summed E-state index contributed by atoms with van der Waals surface area (Å²) in [6.45, 7) is 5.42. The molecule has 0 unspecified atom stereocenters. The van der Waals surface area contributed by atoms with E-state index in [4.69, 9.17) is 38.1 Å². The zero-order chi connectivity index (χ0) is 19.8. The Kier molecular flexibility index (Phi) is 7.86. The second-order valence-electron chi connectivity index (χ2n) is 6.32. The van der Waals surface area contributed by atoms with Gasteiger partial charge in [-0.25, -0.2) is 0 Å². The van der Waals surface area contributed by atoms with Crippen LogP contribution in [-0.2, 0) is 17.8 Å². The van der Waals surface area contributed by atoms with Crippen LogP contribution in [0.5, 0.6) is 0 Å². The van der Waals surface area contributed by atoms with Crippen LogP contribution in [0.25, 0.3) is 11.3 Å². The van der Waals surface area contributed by atoms with Gasteiger partial charge in [-0.05, 0) is 32.0 Å². The molecule has 1 heterocycles. The molecule has 0 saturated carbocycles. The van der Waals surface area contributed by atoms with Crippen molar-refractivity contribution in [3.63, 3.8) is 0 Å². The van der Waals surface area contributed by atoms with Gasteiger partial charge in [-0.1, -0.05) is 59.6 Å². The number of hydrogen-bond donors (Lipinski definition) is 1. The molecule has 0 spiro atoms. The van der Waals surface area contributed by atoms with Gasteiger partial charge in [0.1, 0.15) is 11.4 Å². The van der Waals surface area contributed by atoms with E-state index in [0.29, 0.717) is 23.1 Å². The topological polar surface area (TPSA) is 52.0 Å². The van der Waals surface area contributed by atoms with Crippen LogP contribution >= 0.6 is 23.2 Å². The molecule has 0 amide bonds. The van der Waals surface area contributed by atoms with E-state index >= 15 is 0 Å². The Labute approximate surface area is 175 Å². The first-order valence-electron chi connectivity index (χ1n) is 9.39. The van der Waals surface area contributed by atoms with Crippen molar-refractivity contribution in [3.8, 4) is 11.3 Å². The summed E-state index contributed by atoms with van der Waals surface area (Å²) in [7, 11) is 0. The Morgan fingerprint density at radius 2 is 1.75 bits per heavy atom. The first-order chi connectivity index (χ1) is 13.7. The molecule has 0 radical (unpaired) electrons. The van der Waals surface area contributed by atoms with Gasteiger partial charge in [-0.3, -0.25) is 0 Å². The number of rotatable bonds is 10. The molecule has 0 bridgehead atoms. The first-order valence-corrected chi connectivity index (χ1v) is 10.2. The number of halogens is 2. The average molecular weight is 419 g/mol. The molecule has 3 aromatic rings. The number of aromatic nitrogens is 3. The van der Waals surface area contributed by atoms with Gasteiger partial charge in [0.05, 0.1) is 6.54 Å². The van der Waals surface area contributed by atoms with E-state index in [9.17, 15) is 0 Å². The van der Waals surface area contributed by atoms with Crippen LogP contribution in [0.3, 0.4) is 0 Å². The van der Waals surface area contributed by atoms with Crippen molar-refractivity contribution in [1.82, 2.24) is 20.3 Å². The van der Waals surface area contributed by atoms with Crippen molar-refractivity contribution < 1.29 is 4.74 Å². The maximum Gasteiger partial charge on any atom is 0.117 e. The summed E-state index contributed by atoms with van der Waals surface area (Å²) in [6.07, 6.45) is 0.956. The quantitative estimate of drug-likeness (QED) is 0.479. The Morgan fingerprint density at radius 3 is 2.46 bits per heavy atom. The van der Waals surface area contributed by atoms with E-state index in [0.717, 1.165) is 48.7 Å². The number of hydrogen-bond acceptors (Lipinski definition) is 4. The van der Waals surface area contributed by atoms with Crippen LogP contribution in [0, 0.1) is 0 Å². The van der Waals surface area contributed by atoms with Gasteiger partial charge in [0.2, 0.25) is 0 Å². The lowest BCUT2D eigenvalue weighted by atomic mass is 10.1. The minimum atomic E-state index is 0.419. The maximum absolute atomic E-state index is 6.31. The van der Waals surface area contributed by atoms with Crippen molar-refractivity contribution in [2.24, 2.45) is 0 Å². The molecule has 0 saturated heterocycles. The first kappa shape index (κ1) is 20.8. The number of nitrogens with zero attached hydrogens (tertiary/aromatic N) is 3. The molecule has 0 fully saturated rings. The highest BCUT2D eigenvalue weighted by Gasteiger charge is 2.15. The molecule has 0 aliphatic carbocycles. The third kappa shape index (κ3) is 5.55. The van der Waals surface area contributed by atoms with E-state index < -0.39 is 0 Å². The smallest absolute Gasteiger partial charge is 0.117 e. The van der Waals surface area contributed by atoms with E-state index in [1.807, 2.05) is 55.5 Å². The summed E-state index contributed by atoms with van der Waals surface area (Å²) in [6, 6.07) is 15.5. The Balaban J connectivity index is 1.77. The van der Waals surface area contributed by atoms with Crippen LogP contribution in [0.4, 0.5) is 0 Å². The highest BCUT2D eigenvalue weighted by Crippen LogP contribution is 2.26. The molecule has 0 aliphatic heterocycles. The van der Waals surface area contributed by atoms with Crippen molar-refractivity contribution >= 4 is 23.2 Å². The Morgan fingerprint density at radius 1 is 1.00 bits per heavy atom. The minimum absolute atomic E-state index is 0.419. The number of benzene rings is 2. The van der Waals surface area contributed by atoms with E-state index in [1.54, 1.807) is 4.80 Å². The zero-order valence-electron chi connectivity index (χ0n) is 15.9. The fourth-order valence-corrected chi connectivity index (χ4v) is 3.38. The molecular weight excluding hydrogens is 395 g/mol. The van der Waals surface area contributed by atoms with Crippen LogP contribution in [0.1, 0.15) is 24.6 Å². The highest BCUT2D eigenvalue weighted by molar-refractivity contribution is 6.35. The van der Waals surface area contributed by atoms with Crippen LogP contribution in [-0.4, -0.2) is 34.8 Å². The van der Waals surface area contributed by atoms with Gasteiger partial charge < -0.3 is 10.1 Å². The standard InChI is InChI=1S/C21H24Cl2N4O/c1-2-28-13-7-12-24-14-20-21(16-8-4-3-5-9-16)26-27(25-20)15-17-18(22)10-6-11-19(17)23/h3-6,8-11,24H,2,7,12-15H2,1H3. The van der Waals surface area contributed by atoms with E-state index in [2.05, 4.69) is 5.32 Å². The van der Waals surface area contributed by atoms with Crippen LogP contribution < -0.4 is 5.32 Å². The predicted molar refractivity (Wildman–Crippen MR) is 114 cm³/mol. The molecule has 2 aromatic carbocycles. The summed E-state index contributed by atoms with van der Waals surface area (Å²) in [5.74, 6) is 0. The number of nitrogens with one attached hydrogen (secondary N) is 1. The fraction of sp³-hybridized carbons (Fsp3) is 0.333. The molecule has 5 nitrogen and oxygen atoms in total. The SMILES string of the molecule is CCOCCCNCc1nn(Cc2c(Cl)cccc2Cl)nc1-c1ccccc1. The largest absolute Gasteiger partial charge is 0.382 e. The van der Waals surface area contributed by atoms with Crippen LogP contribution in [0.2, 0.25) is 10.0 Å². The van der Waals surface area contributed by atoms with Gasteiger partial charge in [0, 0.05) is 40.9 Å². The zero-order valence-corrected chi connectivity index (χ0v) is 17.4. The van der Waals surface area contributed by atoms with E-state index in [-0.39, 0.29) is 0 Å². The lowest BCUT2D eigenvalue weighted by Crippen LogP contribution is -2.17. The summed E-state index contributed by atoms with van der Waals surface area (Å²) in [4.78, 5) is 1.66. The second kappa shape index (κ2) is 10.6. The lowest BCUT2D eigenvalue weighted by Gasteiger charge is -2.05. The third-order valence-electron chi connectivity index (χ3n) is 4.27. The summed E-state index contributed by atoms with van der Waals surface area (Å²) < 4.78 is 5.37. The molecule has 0 aliphatic rings. The summed E-state index contributed by atoms with van der Waals surface area (Å²) >= 11 is 12.6. The minimum Gasteiger partial charge on any atom is -0.382 e. The highest BCUT2D eigenvalue weighted by atomic mass is 35.5. The van der Waals surface area contributed by atoms with Gasteiger partial charge in [-0.15, -0.1) is 0 Å². The fourth-order valence-electron chi connectivity index (χ4n) is 2.87. The van der Waals surface area contributed by atoms with E-state index in [1.165, 1.54) is 0 Å². The van der Waals surface area contributed by atoms with Crippen molar-refractivity contribution in [3.05, 3.63) is 69.8 Å². The van der Waals surface area contributed by atoms with Crippen molar-refractivity contribution in [2.75, 3.05) is 19.8 Å². The Bertz CT molecular complexity index is 863. The second-order valence-corrected chi connectivity index (χ2v) is 7.13. The molecule has 3 rings (SSSR count). The van der Waals surface area contributed by atoms with Gasteiger partial charge in [-0.2, -0.15) is 15.0 Å². The van der Waals surface area contributed by atoms with Gasteiger partial charge in [0.25, 0.3) is 0 Å². The summed E-state index contributed by atoms with van der Waals surface area (Å²) in [5, 5.41) is 14.1. The lowest BCUT2D eigenvalue weighted by molar-refractivity contribution is 0.144. The third-order valence-corrected chi connectivity index (χ3v) is 4.98. The predicted octanol–water partition coefficient (Wildman–Crippen LogP) is 4.82. The molecule has 28 heavy (non-hydrogen) atoms. The summed E-state index contributed by atoms with van der Waals surface area (Å²) in [5.41, 5.74) is 3.61. The molecule has 7 heteroatoms. The molecule has 148 valence electrons. The van der Waals surface area contributed by atoms with Crippen LogP contribution in [0.15, 0.2) is 48.5 Å². The monoisotopic (exact) mass is 418 g/mol. The van der Waals surface area contributed by atoms with Gasteiger partial charge >= 0.3 is 0 Å². The maximum atomic E-state index is 6.31. The van der Waals surface area contributed by atoms with Crippen molar-refractivity contribution in [1.29, 1.82) is 0 Å². The normalized spacial score (nSPS) is 11.1. The Hall–Kier alpha value is -1.92. The molecule has 0 atom stereocenters. The molecule has 1 N–H and O–H groups in total. The molecule has 1 aromatic heterocycles. The van der Waals surface area contributed by atoms with Crippen molar-refractivity contribution in [2.45, 2.75) is 26.4 Å². The van der Waals surface area contributed by atoms with Gasteiger partial charge in [0.15, 0.2) is 0 Å². The number of ether oxygens (including phenoxy) is 1. The molecular formula is C21H24Cl2N4O.